The Bertz CT molecular complexity index is 955. The molecule has 1 aliphatic carbocycles. The second kappa shape index (κ2) is 7.20. The van der Waals surface area contributed by atoms with E-state index in [0.29, 0.717) is 28.8 Å². The van der Waals surface area contributed by atoms with Crippen LogP contribution in [0.1, 0.15) is 50.2 Å². The molecule has 0 saturated heterocycles. The number of halogens is 2. The molecule has 0 bridgehead atoms. The molecule has 4 rings (SSSR count). The molecule has 1 amide bonds. The summed E-state index contributed by atoms with van der Waals surface area (Å²) in [5.41, 5.74) is 1.85. The second-order valence-corrected chi connectivity index (χ2v) is 9.27. The van der Waals surface area contributed by atoms with Gasteiger partial charge in [-0.1, -0.05) is 55.2 Å². The van der Waals surface area contributed by atoms with E-state index in [4.69, 9.17) is 23.2 Å². The van der Waals surface area contributed by atoms with E-state index in [1.165, 1.54) is 0 Å². The molecule has 1 spiro atoms. The van der Waals surface area contributed by atoms with Crippen molar-refractivity contribution in [2.24, 2.45) is 11.8 Å². The first-order valence-corrected chi connectivity index (χ1v) is 10.5. The topological polar surface area (TPSA) is 46.2 Å². The van der Waals surface area contributed by atoms with Crippen molar-refractivity contribution < 1.29 is 9.59 Å². The number of hydrogen-bond acceptors (Lipinski definition) is 2. The van der Waals surface area contributed by atoms with Gasteiger partial charge in [0.1, 0.15) is 5.78 Å². The van der Waals surface area contributed by atoms with E-state index in [2.05, 4.69) is 19.2 Å². The van der Waals surface area contributed by atoms with E-state index in [9.17, 15) is 9.59 Å². The summed E-state index contributed by atoms with van der Waals surface area (Å²) in [5, 5.41) is 4.26. The van der Waals surface area contributed by atoms with Gasteiger partial charge in [-0.25, -0.2) is 0 Å². The lowest BCUT2D eigenvalue weighted by Crippen LogP contribution is -2.51. The largest absolute Gasteiger partial charge is 0.325 e. The van der Waals surface area contributed by atoms with Crippen molar-refractivity contribution in [1.82, 2.24) is 0 Å². The van der Waals surface area contributed by atoms with E-state index >= 15 is 0 Å². The maximum atomic E-state index is 13.6. The molecular weight excluding hydrogens is 393 g/mol. The zero-order valence-electron chi connectivity index (χ0n) is 16.0. The fourth-order valence-corrected chi connectivity index (χ4v) is 5.59. The lowest BCUT2D eigenvalue weighted by atomic mass is 9.54. The number of hydrogen-bond donors (Lipinski definition) is 1. The average Bonchev–Trinajstić information content (AvgIpc) is 2.89. The smallest absolute Gasteiger partial charge is 0.236 e. The van der Waals surface area contributed by atoms with Crippen LogP contribution in [0.25, 0.3) is 0 Å². The number of Topliss-reactive ketones (excluding diaryl/α,β-unsaturated/α-hetero) is 1. The second-order valence-electron chi connectivity index (χ2n) is 8.39. The van der Waals surface area contributed by atoms with Gasteiger partial charge in [-0.15, -0.1) is 0 Å². The Balaban J connectivity index is 1.96. The van der Waals surface area contributed by atoms with Gasteiger partial charge >= 0.3 is 0 Å². The molecule has 0 radical (unpaired) electrons. The third-order valence-corrected chi connectivity index (χ3v) is 6.63. The lowest BCUT2D eigenvalue weighted by Gasteiger charge is -2.46. The fourth-order valence-electron chi connectivity index (χ4n) is 5.21. The first-order valence-electron chi connectivity index (χ1n) is 9.71. The van der Waals surface area contributed by atoms with Crippen molar-refractivity contribution in [3.05, 3.63) is 63.6 Å². The molecule has 0 aromatic heterocycles. The van der Waals surface area contributed by atoms with Crippen LogP contribution in [0.5, 0.6) is 0 Å². The van der Waals surface area contributed by atoms with Crippen molar-refractivity contribution in [3.63, 3.8) is 0 Å². The molecule has 28 heavy (non-hydrogen) atoms. The number of benzene rings is 2. The highest BCUT2D eigenvalue weighted by molar-refractivity contribution is 6.31. The molecule has 2 aromatic carbocycles. The monoisotopic (exact) mass is 415 g/mol. The highest BCUT2D eigenvalue weighted by Gasteiger charge is 2.60. The van der Waals surface area contributed by atoms with Gasteiger partial charge in [-0.3, -0.25) is 9.59 Å². The molecule has 3 nitrogen and oxygen atoms in total. The highest BCUT2D eigenvalue weighted by Crippen LogP contribution is 2.58. The Labute approximate surface area is 175 Å². The summed E-state index contributed by atoms with van der Waals surface area (Å²) in [6, 6.07) is 13.2. The molecule has 1 fully saturated rings. The summed E-state index contributed by atoms with van der Waals surface area (Å²) in [6.45, 7) is 4.27. The number of fused-ring (bicyclic) bond motifs is 2. The van der Waals surface area contributed by atoms with Crippen molar-refractivity contribution in [3.8, 4) is 0 Å². The number of rotatable bonds is 3. The quantitative estimate of drug-likeness (QED) is 0.668. The van der Waals surface area contributed by atoms with E-state index in [1.807, 2.05) is 36.4 Å². The van der Waals surface area contributed by atoms with E-state index in [1.54, 1.807) is 6.07 Å². The third kappa shape index (κ3) is 3.05. The Hall–Kier alpha value is -1.84. The van der Waals surface area contributed by atoms with Crippen LogP contribution < -0.4 is 5.32 Å². The standard InChI is InChI=1S/C23H23Cl2NO2/c1-13(2)8-15-10-18(27)12-20(14-4-3-5-16(24)9-14)23(15)19-7-6-17(25)11-21(19)26-22(23)28/h3-7,9,11,13,15,20H,8,10,12H2,1-2H3,(H,26,28)/t15-,20+,23-/m1/s1. The van der Waals surface area contributed by atoms with Gasteiger partial charge in [0.15, 0.2) is 0 Å². The van der Waals surface area contributed by atoms with Crippen LogP contribution in [-0.4, -0.2) is 11.7 Å². The molecule has 0 unspecified atom stereocenters. The van der Waals surface area contributed by atoms with Gasteiger partial charge in [0.05, 0.1) is 5.41 Å². The SMILES string of the molecule is CC(C)C[C@@H]1CC(=O)C[C@@H](c2cccc(Cl)c2)[C@@]12C(=O)Nc1cc(Cl)ccc12. The Kier molecular flexibility index (Phi) is 5.01. The molecule has 1 heterocycles. The van der Waals surface area contributed by atoms with E-state index < -0.39 is 5.41 Å². The van der Waals surface area contributed by atoms with Crippen molar-refractivity contribution in [2.75, 3.05) is 5.32 Å². The summed E-state index contributed by atoms with van der Waals surface area (Å²) in [7, 11) is 0. The average molecular weight is 416 g/mol. The predicted molar refractivity (Wildman–Crippen MR) is 113 cm³/mol. The number of carbonyl (C=O) groups excluding carboxylic acids is 2. The van der Waals surface area contributed by atoms with Gasteiger partial charge in [-0.2, -0.15) is 0 Å². The molecule has 3 atom stereocenters. The maximum Gasteiger partial charge on any atom is 0.236 e. The van der Waals surface area contributed by atoms with Gasteiger partial charge in [0, 0.05) is 34.5 Å². The minimum absolute atomic E-state index is 0.0344. The summed E-state index contributed by atoms with van der Waals surface area (Å²) in [4.78, 5) is 26.3. The minimum Gasteiger partial charge on any atom is -0.325 e. The third-order valence-electron chi connectivity index (χ3n) is 6.16. The number of nitrogens with one attached hydrogen (secondary N) is 1. The van der Waals surface area contributed by atoms with Gasteiger partial charge in [-0.05, 0) is 53.6 Å². The molecule has 5 heteroatoms. The summed E-state index contributed by atoms with van der Waals surface area (Å²) >= 11 is 12.5. The zero-order chi connectivity index (χ0) is 20.1. The molecular formula is C23H23Cl2NO2. The first-order chi connectivity index (χ1) is 13.3. The molecule has 146 valence electrons. The normalized spacial score (nSPS) is 26.6. The van der Waals surface area contributed by atoms with Crippen LogP contribution in [0.4, 0.5) is 5.69 Å². The predicted octanol–water partition coefficient (Wildman–Crippen LogP) is 5.99. The van der Waals surface area contributed by atoms with Crippen LogP contribution in [0.2, 0.25) is 10.0 Å². The van der Waals surface area contributed by atoms with Crippen LogP contribution in [0, 0.1) is 11.8 Å². The summed E-state index contributed by atoms with van der Waals surface area (Å²) in [5.74, 6) is 0.222. The zero-order valence-corrected chi connectivity index (χ0v) is 17.5. The Morgan fingerprint density at radius 1 is 1.07 bits per heavy atom. The fraction of sp³-hybridized carbons (Fsp3) is 0.391. The number of carbonyl (C=O) groups is 2. The summed E-state index contributed by atoms with van der Waals surface area (Å²) < 4.78 is 0. The lowest BCUT2D eigenvalue weighted by molar-refractivity contribution is -0.131. The van der Waals surface area contributed by atoms with Crippen molar-refractivity contribution >= 4 is 40.6 Å². The maximum absolute atomic E-state index is 13.6. The van der Waals surface area contributed by atoms with E-state index in [0.717, 1.165) is 23.2 Å². The highest BCUT2D eigenvalue weighted by atomic mass is 35.5. The molecule has 1 aliphatic heterocycles. The number of amides is 1. The minimum atomic E-state index is -0.789. The summed E-state index contributed by atoms with van der Waals surface area (Å²) in [6.07, 6.45) is 1.56. The molecule has 2 aliphatic rings. The molecule has 1 N–H and O–H groups in total. The molecule has 1 saturated carbocycles. The van der Waals surface area contributed by atoms with E-state index in [-0.39, 0.29) is 23.5 Å². The molecule has 2 aromatic rings. The van der Waals surface area contributed by atoms with Crippen molar-refractivity contribution in [2.45, 2.75) is 44.4 Å². The van der Waals surface area contributed by atoms with Crippen molar-refractivity contribution in [1.29, 1.82) is 0 Å². The van der Waals surface area contributed by atoms with Crippen LogP contribution in [0.3, 0.4) is 0 Å². The van der Waals surface area contributed by atoms with Crippen LogP contribution in [0.15, 0.2) is 42.5 Å². The first kappa shape index (κ1) is 19.5. The van der Waals surface area contributed by atoms with Gasteiger partial charge in [0.2, 0.25) is 5.91 Å². The van der Waals surface area contributed by atoms with Gasteiger partial charge in [0.25, 0.3) is 0 Å². The number of anilines is 1. The Morgan fingerprint density at radius 3 is 2.54 bits per heavy atom. The Morgan fingerprint density at radius 2 is 1.82 bits per heavy atom. The van der Waals surface area contributed by atoms with Crippen LogP contribution >= 0.6 is 23.2 Å². The van der Waals surface area contributed by atoms with Gasteiger partial charge < -0.3 is 5.32 Å². The number of ketones is 1. The van der Waals surface area contributed by atoms with Crippen LogP contribution in [-0.2, 0) is 15.0 Å².